The van der Waals surface area contributed by atoms with E-state index in [0.717, 1.165) is 64.2 Å². The van der Waals surface area contributed by atoms with Crippen molar-refractivity contribution in [1.29, 1.82) is 0 Å². The summed E-state index contributed by atoms with van der Waals surface area (Å²) in [6, 6.07) is 39.6. The van der Waals surface area contributed by atoms with Gasteiger partial charge in [-0.1, -0.05) is 145 Å². The van der Waals surface area contributed by atoms with Gasteiger partial charge in [0.15, 0.2) is 11.6 Å². The average Bonchev–Trinajstić information content (AvgIpc) is 4.11. The highest BCUT2D eigenvalue weighted by molar-refractivity contribution is 7.25. The van der Waals surface area contributed by atoms with Crippen LogP contribution in [0.25, 0.3) is 126 Å². The highest BCUT2D eigenvalue weighted by Crippen LogP contribution is 2.42. The van der Waals surface area contributed by atoms with E-state index < -0.39 is 72.0 Å². The van der Waals surface area contributed by atoms with E-state index >= 15 is 0 Å². The molecule has 13 aromatic rings. The van der Waals surface area contributed by atoms with Gasteiger partial charge in [0.2, 0.25) is 5.95 Å². The predicted molar refractivity (Wildman–Crippen MR) is 262 cm³/mol. The molecular weight excluding hydrogens is 789 g/mol. The Morgan fingerprint density at radius 3 is 1.89 bits per heavy atom. The number of rotatable bonds is 6. The lowest BCUT2D eigenvalue weighted by molar-refractivity contribution is 0.669. The zero-order chi connectivity index (χ0) is 51.0. The van der Waals surface area contributed by atoms with E-state index in [-0.39, 0.29) is 50.7 Å². The number of hydrogen-bond donors (Lipinski definition) is 0. The van der Waals surface area contributed by atoms with Gasteiger partial charge in [0.05, 0.1) is 26.1 Å². The smallest absolute Gasteiger partial charge is 0.238 e. The second-order valence-electron chi connectivity index (χ2n) is 15.1. The van der Waals surface area contributed by atoms with Crippen LogP contribution in [0, 0.1) is 0 Å². The minimum Gasteiger partial charge on any atom is -0.456 e. The molecule has 13 rings (SSSR count). The van der Waals surface area contributed by atoms with Gasteiger partial charge in [-0.25, -0.2) is 4.98 Å². The second-order valence-corrected chi connectivity index (χ2v) is 16.2. The quantitative estimate of drug-likeness (QED) is 0.167. The molecule has 0 aliphatic carbocycles. The molecule has 4 aromatic heterocycles. The Kier molecular flexibility index (Phi) is 5.91. The largest absolute Gasteiger partial charge is 0.456 e. The van der Waals surface area contributed by atoms with E-state index in [4.69, 9.17) is 30.3 Å². The van der Waals surface area contributed by atoms with Crippen molar-refractivity contribution in [2.75, 3.05) is 0 Å². The van der Waals surface area contributed by atoms with Crippen molar-refractivity contribution in [2.24, 2.45) is 0 Å². The highest BCUT2D eigenvalue weighted by Gasteiger charge is 2.21. The molecule has 0 aliphatic rings. The Balaban J connectivity index is 1.13. The van der Waals surface area contributed by atoms with Crippen LogP contribution in [0.4, 0.5) is 0 Å². The lowest BCUT2D eigenvalue weighted by Crippen LogP contribution is -2.06. The molecular formula is C57H34N4OS. The molecule has 0 aliphatic heterocycles. The van der Waals surface area contributed by atoms with Gasteiger partial charge in [0.25, 0.3) is 0 Å². The molecule has 0 N–H and O–H groups in total. The van der Waals surface area contributed by atoms with Crippen molar-refractivity contribution >= 4 is 75.3 Å². The fourth-order valence-corrected chi connectivity index (χ4v) is 9.70. The Labute approximate surface area is 381 Å². The van der Waals surface area contributed by atoms with Crippen molar-refractivity contribution in [3.8, 4) is 62.1 Å². The third-order valence-corrected chi connectivity index (χ3v) is 12.6. The van der Waals surface area contributed by atoms with Crippen LogP contribution >= 0.6 is 11.3 Å². The standard InChI is InChI=1S/C57H34N4OS/c1-4-15-35(16-5-1)39-29-40(36-17-6-2-7-18-36)31-41(30-39)56-58-55(38-27-28-45-51(32-38)62-50-25-14-23-42(54(45)50)37-19-8-3-9-20-37)59-57(60-56)61-48-24-12-10-21-43(48)46-33-47-44-22-11-13-26-52(44)63-53(47)34-49(46)61/h1-34H/i3D,8D,9D,14D,19D,20D,23D,25D,27D,28D,32D. The summed E-state index contributed by atoms with van der Waals surface area (Å²) in [5.41, 5.74) is 4.11. The average molecular weight is 834 g/mol. The van der Waals surface area contributed by atoms with Gasteiger partial charge in [0.1, 0.15) is 11.2 Å². The molecule has 4 heterocycles. The number of thiophene rings is 1. The maximum atomic E-state index is 9.88. The van der Waals surface area contributed by atoms with Crippen LogP contribution in [-0.2, 0) is 0 Å². The first kappa shape index (κ1) is 26.2. The molecule has 294 valence electrons. The Morgan fingerprint density at radius 1 is 0.429 bits per heavy atom. The number of para-hydroxylation sites is 1. The number of hydrogen-bond acceptors (Lipinski definition) is 5. The summed E-state index contributed by atoms with van der Waals surface area (Å²) in [5, 5.41) is 3.70. The van der Waals surface area contributed by atoms with Crippen molar-refractivity contribution in [3.63, 3.8) is 0 Å². The van der Waals surface area contributed by atoms with Crippen LogP contribution in [0.2, 0.25) is 0 Å². The van der Waals surface area contributed by atoms with E-state index in [0.29, 0.717) is 5.56 Å². The van der Waals surface area contributed by atoms with Crippen LogP contribution in [0.5, 0.6) is 0 Å². The zero-order valence-corrected chi connectivity index (χ0v) is 33.7. The van der Waals surface area contributed by atoms with Gasteiger partial charge < -0.3 is 4.42 Å². The van der Waals surface area contributed by atoms with Crippen LogP contribution in [0.15, 0.2) is 210 Å². The molecule has 0 spiro atoms. The van der Waals surface area contributed by atoms with Crippen molar-refractivity contribution in [2.45, 2.75) is 0 Å². The van der Waals surface area contributed by atoms with Gasteiger partial charge in [-0.05, 0) is 94.0 Å². The molecule has 9 aromatic carbocycles. The molecule has 63 heavy (non-hydrogen) atoms. The molecule has 0 saturated carbocycles. The highest BCUT2D eigenvalue weighted by atomic mass is 32.1. The van der Waals surface area contributed by atoms with E-state index in [1.165, 1.54) is 0 Å². The van der Waals surface area contributed by atoms with E-state index in [9.17, 15) is 4.11 Å². The predicted octanol–water partition coefficient (Wildman–Crippen LogP) is 15.6. The fraction of sp³-hybridized carbons (Fsp3) is 0. The van der Waals surface area contributed by atoms with Gasteiger partial charge in [-0.3, -0.25) is 4.57 Å². The molecule has 0 saturated heterocycles. The fourth-order valence-electron chi connectivity index (χ4n) is 8.58. The Bertz CT molecular complexity index is 4490. The molecule has 0 fully saturated rings. The number of aromatic nitrogens is 4. The molecule has 6 heteroatoms. The Hall–Kier alpha value is -8.19. The van der Waals surface area contributed by atoms with Gasteiger partial charge in [0, 0.05) is 52.8 Å². The first-order valence-corrected chi connectivity index (χ1v) is 21.0. The molecule has 0 atom stereocenters. The van der Waals surface area contributed by atoms with Crippen LogP contribution in [0.3, 0.4) is 0 Å². The van der Waals surface area contributed by atoms with Gasteiger partial charge in [-0.15, -0.1) is 11.3 Å². The van der Waals surface area contributed by atoms with Gasteiger partial charge >= 0.3 is 0 Å². The zero-order valence-electron chi connectivity index (χ0n) is 43.9. The maximum Gasteiger partial charge on any atom is 0.238 e. The normalized spacial score (nSPS) is 14.3. The third-order valence-electron chi connectivity index (χ3n) is 11.4. The third kappa shape index (κ3) is 5.87. The summed E-state index contributed by atoms with van der Waals surface area (Å²) in [6.07, 6.45) is 0. The van der Waals surface area contributed by atoms with E-state index in [1.807, 2.05) is 114 Å². The van der Waals surface area contributed by atoms with Crippen molar-refractivity contribution in [1.82, 2.24) is 19.5 Å². The van der Waals surface area contributed by atoms with Gasteiger partial charge in [-0.2, -0.15) is 9.97 Å². The monoisotopic (exact) mass is 833 g/mol. The van der Waals surface area contributed by atoms with Crippen molar-refractivity contribution < 1.29 is 19.5 Å². The second kappa shape index (κ2) is 14.2. The minimum absolute atomic E-state index is 0.143. The number of benzene rings is 9. The Morgan fingerprint density at radius 2 is 1.11 bits per heavy atom. The molecule has 0 unspecified atom stereocenters. The van der Waals surface area contributed by atoms with Crippen LogP contribution < -0.4 is 0 Å². The van der Waals surface area contributed by atoms with Crippen LogP contribution in [0.1, 0.15) is 15.1 Å². The molecule has 0 radical (unpaired) electrons. The summed E-state index contributed by atoms with van der Waals surface area (Å²) in [6.45, 7) is 0. The topological polar surface area (TPSA) is 56.7 Å². The number of furan rings is 1. The number of nitrogens with zero attached hydrogens (tertiary/aromatic N) is 4. The summed E-state index contributed by atoms with van der Waals surface area (Å²) >= 11 is 1.67. The molecule has 0 amide bonds. The summed E-state index contributed by atoms with van der Waals surface area (Å²) in [4.78, 5) is 15.4. The molecule has 0 bridgehead atoms. The SMILES string of the molecule is [2H]c1c([2H])c([2H])c(-c2c([2H])c([2H])c([2H])c3oc4c([2H])c(-c5nc(-c6cc(-c7ccccc7)cc(-c7ccccc7)c6)nc(-n6c7ccccc7c7cc8c(cc76)sc6ccccc68)n5)c([2H])c([2H])c4c23)c([2H])c1[2H]. The summed E-state index contributed by atoms with van der Waals surface area (Å²) < 4.78 is 109. The lowest BCUT2D eigenvalue weighted by Gasteiger charge is -2.13. The van der Waals surface area contributed by atoms with E-state index in [1.54, 1.807) is 11.3 Å². The lowest BCUT2D eigenvalue weighted by atomic mass is 9.96. The summed E-state index contributed by atoms with van der Waals surface area (Å²) in [7, 11) is 0. The minimum atomic E-state index is -0.693. The number of fused-ring (bicyclic) bond motifs is 9. The van der Waals surface area contributed by atoms with E-state index in [2.05, 4.69) is 30.3 Å². The van der Waals surface area contributed by atoms with Crippen LogP contribution in [-0.4, -0.2) is 19.5 Å². The summed E-state index contributed by atoms with van der Waals surface area (Å²) in [5.74, 6) is 0.210. The first-order valence-electron chi connectivity index (χ1n) is 25.7. The maximum absolute atomic E-state index is 9.88. The molecule has 5 nitrogen and oxygen atoms in total. The first-order chi connectivity index (χ1) is 35.8. The van der Waals surface area contributed by atoms with Crippen molar-refractivity contribution in [3.05, 3.63) is 206 Å².